The molecule has 7 nitrogen and oxygen atoms in total. The van der Waals surface area contributed by atoms with E-state index in [1.165, 1.54) is 0 Å². The maximum absolute atomic E-state index is 11.9. The first-order valence-electron chi connectivity index (χ1n) is 5.89. The summed E-state index contributed by atoms with van der Waals surface area (Å²) in [6, 6.07) is 6.85. The van der Waals surface area contributed by atoms with Crippen LogP contribution in [0.15, 0.2) is 28.7 Å². The van der Waals surface area contributed by atoms with Crippen LogP contribution in [0.5, 0.6) is 0 Å². The van der Waals surface area contributed by atoms with Gasteiger partial charge in [0.05, 0.1) is 0 Å². The Balaban J connectivity index is 0.00000220. The second-order valence-electron chi connectivity index (χ2n) is 3.99. The fourth-order valence-corrected chi connectivity index (χ4v) is 1.43. The van der Waals surface area contributed by atoms with Gasteiger partial charge in [-0.25, -0.2) is 0 Å². The number of anilines is 1. The zero-order chi connectivity index (χ0) is 14.5. The average Bonchev–Trinajstić information content (AvgIpc) is 2.88. The van der Waals surface area contributed by atoms with Crippen LogP contribution in [-0.2, 0) is 32.7 Å². The minimum absolute atomic E-state index is 0. The smallest absolute Gasteiger partial charge is 0.322 e. The van der Waals surface area contributed by atoms with Crippen LogP contribution in [-0.4, -0.2) is 28.6 Å². The van der Waals surface area contributed by atoms with Crippen molar-refractivity contribution in [2.24, 2.45) is 0 Å². The Labute approximate surface area is 146 Å². The molecule has 0 atom stereocenters. The first-order chi connectivity index (χ1) is 9.60. The van der Waals surface area contributed by atoms with E-state index in [-0.39, 0.29) is 51.2 Å². The molecule has 8 heteroatoms. The van der Waals surface area contributed by atoms with Crippen LogP contribution in [0.4, 0.5) is 6.01 Å². The van der Waals surface area contributed by atoms with Gasteiger partial charge in [0.15, 0.2) is 0 Å². The molecule has 1 aromatic carbocycles. The molecule has 0 aliphatic carbocycles. The molecule has 0 saturated heterocycles. The van der Waals surface area contributed by atoms with E-state index in [0.29, 0.717) is 5.56 Å². The van der Waals surface area contributed by atoms with Crippen LogP contribution in [0, 0.1) is 13.8 Å². The van der Waals surface area contributed by atoms with Gasteiger partial charge in [0, 0.05) is 38.3 Å². The summed E-state index contributed by atoms with van der Waals surface area (Å²) in [4.78, 5) is 23.3. The third-order valence-electron chi connectivity index (χ3n) is 2.44. The van der Waals surface area contributed by atoms with Crippen molar-refractivity contribution >= 4 is 17.8 Å². The molecule has 1 radical (unpaired) electrons. The molecule has 1 heterocycles. The van der Waals surface area contributed by atoms with Crippen molar-refractivity contribution in [2.75, 3.05) is 11.9 Å². The van der Waals surface area contributed by atoms with Gasteiger partial charge in [-0.2, -0.15) is 0 Å². The molecule has 0 aliphatic rings. The van der Waals surface area contributed by atoms with Crippen molar-refractivity contribution in [3.63, 3.8) is 0 Å². The van der Waals surface area contributed by atoms with E-state index in [0.717, 1.165) is 5.56 Å². The molecular formula is C13H13N4O3Y-. The number of aromatic nitrogens is 2. The van der Waals surface area contributed by atoms with E-state index in [4.69, 9.17) is 4.42 Å². The van der Waals surface area contributed by atoms with Crippen LogP contribution < -0.4 is 10.6 Å². The third kappa shape index (κ3) is 4.72. The van der Waals surface area contributed by atoms with Crippen molar-refractivity contribution < 1.29 is 46.7 Å². The normalized spacial score (nSPS) is 9.62. The molecule has 2 rings (SSSR count). The molecule has 0 spiro atoms. The minimum Gasteiger partial charge on any atom is -0.399 e. The number of hydrogen-bond acceptors (Lipinski definition) is 5. The summed E-state index contributed by atoms with van der Waals surface area (Å²) >= 11 is 0. The second-order valence-corrected chi connectivity index (χ2v) is 3.99. The summed E-state index contributed by atoms with van der Waals surface area (Å²) in [5.74, 6) is -1.16. The Morgan fingerprint density at radius 1 is 1.19 bits per heavy atom. The summed E-state index contributed by atoms with van der Waals surface area (Å²) in [6.07, 6.45) is 0. The maximum Gasteiger partial charge on any atom is 0.322 e. The summed E-state index contributed by atoms with van der Waals surface area (Å²) in [6.45, 7) is 5.59. The van der Waals surface area contributed by atoms with Gasteiger partial charge in [0.1, 0.15) is 0 Å². The molecule has 0 aliphatic heterocycles. The zero-order valence-corrected chi connectivity index (χ0v) is 14.3. The largest absolute Gasteiger partial charge is 0.399 e. The summed E-state index contributed by atoms with van der Waals surface area (Å²) in [5, 5.41) is 11.9. The minimum atomic E-state index is -0.539. The van der Waals surface area contributed by atoms with Crippen molar-refractivity contribution in [1.82, 2.24) is 15.5 Å². The second kappa shape index (κ2) is 8.00. The van der Waals surface area contributed by atoms with Crippen molar-refractivity contribution in [3.8, 4) is 0 Å². The quantitative estimate of drug-likeness (QED) is 0.797. The topological polar surface area (TPSA) is 97.1 Å². The monoisotopic (exact) mass is 362 g/mol. The van der Waals surface area contributed by atoms with Gasteiger partial charge in [-0.05, 0) is 19.1 Å². The van der Waals surface area contributed by atoms with E-state index in [1.807, 2.05) is 19.1 Å². The van der Waals surface area contributed by atoms with E-state index >= 15 is 0 Å². The molecule has 0 bridgehead atoms. The Morgan fingerprint density at radius 2 is 1.86 bits per heavy atom. The molecule has 0 unspecified atom stereocenters. The van der Waals surface area contributed by atoms with Crippen molar-refractivity contribution in [2.45, 2.75) is 6.92 Å². The molecule has 1 aromatic heterocycles. The van der Waals surface area contributed by atoms with E-state index in [2.05, 4.69) is 27.8 Å². The Morgan fingerprint density at radius 3 is 2.48 bits per heavy atom. The van der Waals surface area contributed by atoms with Crippen LogP contribution in [0.25, 0.3) is 0 Å². The summed E-state index contributed by atoms with van der Waals surface area (Å²) in [5.41, 5.74) is 1.50. The number of aryl methyl sites for hydroxylation is 1. The molecular weight excluding hydrogens is 349 g/mol. The number of amides is 2. The number of nitrogens with zero attached hydrogens (tertiary/aromatic N) is 2. The number of rotatable bonds is 4. The molecule has 21 heavy (non-hydrogen) atoms. The van der Waals surface area contributed by atoms with Crippen LogP contribution in [0.2, 0.25) is 0 Å². The Kier molecular flexibility index (Phi) is 6.65. The SMILES string of the molecule is [CH2-]CNC(=O)c1nnc(NC(=O)c2ccc(C)cc2)o1.[Y]. The van der Waals surface area contributed by atoms with Crippen LogP contribution in [0.3, 0.4) is 0 Å². The van der Waals surface area contributed by atoms with Gasteiger partial charge < -0.3 is 16.7 Å². The molecule has 2 amide bonds. The first kappa shape index (κ1) is 17.5. The Hall–Kier alpha value is -1.60. The molecule has 0 fully saturated rings. The predicted octanol–water partition coefficient (Wildman–Crippen LogP) is 1.19. The van der Waals surface area contributed by atoms with E-state index in [1.54, 1.807) is 12.1 Å². The fraction of sp³-hybridized carbons (Fsp3) is 0.154. The molecule has 0 saturated carbocycles. The van der Waals surface area contributed by atoms with E-state index < -0.39 is 11.8 Å². The van der Waals surface area contributed by atoms with Gasteiger partial charge in [-0.1, -0.05) is 22.8 Å². The molecule has 2 N–H and O–H groups in total. The number of carbonyl (C=O) groups excluding carboxylic acids is 2. The Bertz CT molecular complexity index is 625. The van der Waals surface area contributed by atoms with Gasteiger partial charge >= 0.3 is 17.8 Å². The molecule has 2 aromatic rings. The predicted molar refractivity (Wildman–Crippen MR) is 71.1 cm³/mol. The third-order valence-corrected chi connectivity index (χ3v) is 2.44. The van der Waals surface area contributed by atoms with Crippen LogP contribution in [0.1, 0.15) is 26.6 Å². The zero-order valence-electron chi connectivity index (χ0n) is 11.4. The number of benzene rings is 1. The maximum atomic E-state index is 11.9. The van der Waals surface area contributed by atoms with Gasteiger partial charge in [0.2, 0.25) is 0 Å². The molecule has 107 valence electrons. The van der Waals surface area contributed by atoms with E-state index in [9.17, 15) is 9.59 Å². The summed E-state index contributed by atoms with van der Waals surface area (Å²) in [7, 11) is 0. The standard InChI is InChI=1S/C13H13N4O3.Y/c1-3-14-11(19)12-16-17-13(20-12)15-10(18)9-6-4-8(2)5-7-9;/h4-7H,1,3H2,2H3,(H,14,19)(H,15,17,18);/q-1;. The first-order valence-corrected chi connectivity index (χ1v) is 5.89. The average molecular weight is 362 g/mol. The van der Waals surface area contributed by atoms with Crippen LogP contribution >= 0.6 is 0 Å². The van der Waals surface area contributed by atoms with Gasteiger partial charge in [0.25, 0.3) is 5.91 Å². The summed E-state index contributed by atoms with van der Waals surface area (Å²) < 4.78 is 5.02. The number of carbonyl (C=O) groups is 2. The fourth-order valence-electron chi connectivity index (χ4n) is 1.43. The van der Waals surface area contributed by atoms with Gasteiger partial charge in [-0.3, -0.25) is 14.9 Å². The number of nitrogens with one attached hydrogen (secondary N) is 2. The van der Waals surface area contributed by atoms with Crippen molar-refractivity contribution in [3.05, 3.63) is 48.2 Å². The number of hydrogen-bond donors (Lipinski definition) is 2. The van der Waals surface area contributed by atoms with Gasteiger partial charge in [-0.15, -0.1) is 11.6 Å². The van der Waals surface area contributed by atoms with Crippen molar-refractivity contribution in [1.29, 1.82) is 0 Å².